The molecule has 0 heterocycles. The molecule has 0 unspecified atom stereocenters. The molecule has 0 amide bonds. The van der Waals surface area contributed by atoms with E-state index in [0.717, 1.165) is 6.42 Å². The average Bonchev–Trinajstić information content (AvgIpc) is 2.21. The molecular formula is C13H19O. The van der Waals surface area contributed by atoms with Crippen molar-refractivity contribution in [1.29, 1.82) is 0 Å². The summed E-state index contributed by atoms with van der Waals surface area (Å²) in [6.07, 6.45) is 7.66. The normalized spacial score (nSPS) is 10.4. The molecular weight excluding hydrogens is 172 g/mol. The van der Waals surface area contributed by atoms with Crippen molar-refractivity contribution in [3.05, 3.63) is 29.8 Å². The maximum Gasteiger partial charge on any atom is 0.178 e. The van der Waals surface area contributed by atoms with Crippen molar-refractivity contribution >= 4 is 0 Å². The Morgan fingerprint density at radius 1 is 0.929 bits per heavy atom. The van der Waals surface area contributed by atoms with E-state index in [-0.39, 0.29) is 5.75 Å². The van der Waals surface area contributed by atoms with Gasteiger partial charge in [0, 0.05) is 0 Å². The van der Waals surface area contributed by atoms with Crippen molar-refractivity contribution in [2.75, 3.05) is 0 Å². The van der Waals surface area contributed by atoms with Crippen LogP contribution in [0.2, 0.25) is 0 Å². The van der Waals surface area contributed by atoms with E-state index < -0.39 is 0 Å². The summed E-state index contributed by atoms with van der Waals surface area (Å²) in [5, 5.41) is 10.8. The van der Waals surface area contributed by atoms with Gasteiger partial charge >= 0.3 is 0 Å². The van der Waals surface area contributed by atoms with Crippen LogP contribution >= 0.6 is 0 Å². The van der Waals surface area contributed by atoms with E-state index in [1.165, 1.54) is 37.7 Å². The summed E-state index contributed by atoms with van der Waals surface area (Å²) in [6, 6.07) is 7.20. The van der Waals surface area contributed by atoms with Crippen LogP contribution in [0.25, 0.3) is 0 Å². The van der Waals surface area contributed by atoms with Crippen LogP contribution in [-0.2, 0) is 11.5 Å². The molecule has 0 fully saturated rings. The lowest BCUT2D eigenvalue weighted by molar-refractivity contribution is 0.355. The van der Waals surface area contributed by atoms with Crippen LogP contribution in [0.3, 0.4) is 0 Å². The molecule has 77 valence electrons. The zero-order valence-corrected chi connectivity index (χ0v) is 8.96. The van der Waals surface area contributed by atoms with Crippen LogP contribution < -0.4 is 0 Å². The van der Waals surface area contributed by atoms with Crippen LogP contribution in [0.5, 0.6) is 5.75 Å². The van der Waals surface area contributed by atoms with Crippen molar-refractivity contribution in [1.82, 2.24) is 0 Å². The van der Waals surface area contributed by atoms with E-state index in [4.69, 9.17) is 0 Å². The Balaban J connectivity index is 2.15. The molecule has 0 saturated heterocycles. The fourth-order valence-corrected chi connectivity index (χ4v) is 1.59. The Bertz CT molecular complexity index is 238. The van der Waals surface area contributed by atoms with Gasteiger partial charge in [-0.3, -0.25) is 5.11 Å². The predicted octanol–water partition coefficient (Wildman–Crippen LogP) is 4.34. The van der Waals surface area contributed by atoms with E-state index in [9.17, 15) is 5.11 Å². The summed E-state index contributed by atoms with van der Waals surface area (Å²) in [5.74, 6) is 0.111. The third-order valence-corrected chi connectivity index (χ3v) is 2.49. The van der Waals surface area contributed by atoms with Crippen LogP contribution in [0.15, 0.2) is 24.3 Å². The Labute approximate surface area is 86.8 Å². The van der Waals surface area contributed by atoms with E-state index in [0.29, 0.717) is 0 Å². The highest BCUT2D eigenvalue weighted by Gasteiger charge is 1.94. The summed E-state index contributed by atoms with van der Waals surface area (Å²) in [6.45, 7) is 2.23. The minimum Gasteiger partial charge on any atom is -0.290 e. The third-order valence-electron chi connectivity index (χ3n) is 2.49. The molecule has 0 saturated carbocycles. The standard InChI is InChI=1S/C13H19O/c1-2-3-4-5-6-7-12-8-10-13(14)11-9-12/h8-11H,2-7H2,1H3. The Morgan fingerprint density at radius 2 is 1.57 bits per heavy atom. The molecule has 14 heavy (non-hydrogen) atoms. The third kappa shape index (κ3) is 4.31. The summed E-state index contributed by atoms with van der Waals surface area (Å²) in [4.78, 5) is 0. The van der Waals surface area contributed by atoms with Gasteiger partial charge in [-0.05, 0) is 30.5 Å². The second kappa shape index (κ2) is 6.47. The van der Waals surface area contributed by atoms with Crippen molar-refractivity contribution in [2.45, 2.75) is 45.4 Å². The number of benzene rings is 1. The lowest BCUT2D eigenvalue weighted by Crippen LogP contribution is -1.85. The highest BCUT2D eigenvalue weighted by molar-refractivity contribution is 5.25. The van der Waals surface area contributed by atoms with Crippen LogP contribution in [-0.4, -0.2) is 0 Å². The number of unbranched alkanes of at least 4 members (excludes halogenated alkanes) is 4. The van der Waals surface area contributed by atoms with Crippen molar-refractivity contribution in [3.63, 3.8) is 0 Å². The van der Waals surface area contributed by atoms with Crippen molar-refractivity contribution in [2.24, 2.45) is 0 Å². The molecule has 0 aliphatic heterocycles. The van der Waals surface area contributed by atoms with Gasteiger partial charge in [0.05, 0.1) is 0 Å². The van der Waals surface area contributed by atoms with Gasteiger partial charge in [0.2, 0.25) is 0 Å². The molecule has 0 bridgehead atoms. The second-order valence-electron chi connectivity index (χ2n) is 3.81. The van der Waals surface area contributed by atoms with Crippen LogP contribution in [0.4, 0.5) is 0 Å². The topological polar surface area (TPSA) is 19.9 Å². The summed E-state index contributed by atoms with van der Waals surface area (Å²) >= 11 is 0. The van der Waals surface area contributed by atoms with E-state index in [1.807, 2.05) is 12.1 Å². The number of rotatable bonds is 6. The second-order valence-corrected chi connectivity index (χ2v) is 3.81. The van der Waals surface area contributed by atoms with Gasteiger partial charge in [-0.2, -0.15) is 0 Å². The molecule has 0 atom stereocenters. The number of hydrogen-bond acceptors (Lipinski definition) is 0. The maximum atomic E-state index is 10.8. The summed E-state index contributed by atoms with van der Waals surface area (Å²) in [7, 11) is 0. The molecule has 1 aromatic rings. The van der Waals surface area contributed by atoms with E-state index in [1.54, 1.807) is 12.1 Å². The highest BCUT2D eigenvalue weighted by atomic mass is 16.3. The number of hydrogen-bond donors (Lipinski definition) is 0. The van der Waals surface area contributed by atoms with Gasteiger partial charge in [-0.25, -0.2) is 0 Å². The Kier molecular flexibility index (Phi) is 5.13. The smallest absolute Gasteiger partial charge is 0.178 e. The zero-order valence-electron chi connectivity index (χ0n) is 8.96. The fourth-order valence-electron chi connectivity index (χ4n) is 1.59. The fraction of sp³-hybridized carbons (Fsp3) is 0.538. The highest BCUT2D eigenvalue weighted by Crippen LogP contribution is 2.13. The molecule has 0 aliphatic carbocycles. The van der Waals surface area contributed by atoms with Gasteiger partial charge in [0.15, 0.2) is 5.75 Å². The summed E-state index contributed by atoms with van der Waals surface area (Å²) in [5.41, 5.74) is 1.29. The Hall–Kier alpha value is -0.980. The van der Waals surface area contributed by atoms with Crippen molar-refractivity contribution in [3.8, 4) is 5.75 Å². The minimum atomic E-state index is 0.111. The Morgan fingerprint density at radius 3 is 2.21 bits per heavy atom. The predicted molar refractivity (Wildman–Crippen MR) is 59.0 cm³/mol. The van der Waals surface area contributed by atoms with Crippen LogP contribution in [0.1, 0.15) is 44.6 Å². The molecule has 0 aromatic heterocycles. The monoisotopic (exact) mass is 191 g/mol. The molecule has 1 aromatic carbocycles. The molecule has 1 radical (unpaired) electrons. The van der Waals surface area contributed by atoms with Gasteiger partial charge in [0.25, 0.3) is 0 Å². The molecule has 0 aliphatic rings. The first-order chi connectivity index (χ1) is 6.83. The van der Waals surface area contributed by atoms with Crippen LogP contribution in [0, 0.1) is 0 Å². The quantitative estimate of drug-likeness (QED) is 0.596. The number of aryl methyl sites for hydroxylation is 1. The van der Waals surface area contributed by atoms with Gasteiger partial charge < -0.3 is 0 Å². The van der Waals surface area contributed by atoms with Gasteiger partial charge in [-0.15, -0.1) is 0 Å². The molecule has 0 spiro atoms. The lowest BCUT2D eigenvalue weighted by atomic mass is 10.1. The summed E-state index contributed by atoms with van der Waals surface area (Å²) < 4.78 is 0. The van der Waals surface area contributed by atoms with Crippen molar-refractivity contribution < 1.29 is 5.11 Å². The first-order valence-electron chi connectivity index (χ1n) is 5.59. The van der Waals surface area contributed by atoms with E-state index in [2.05, 4.69) is 6.92 Å². The molecule has 1 nitrogen and oxygen atoms in total. The van der Waals surface area contributed by atoms with Gasteiger partial charge in [-0.1, -0.05) is 44.7 Å². The SMILES string of the molecule is CCCCCCCc1ccc([O])cc1. The van der Waals surface area contributed by atoms with E-state index >= 15 is 0 Å². The first-order valence-corrected chi connectivity index (χ1v) is 5.59. The van der Waals surface area contributed by atoms with Gasteiger partial charge in [0.1, 0.15) is 0 Å². The lowest BCUT2D eigenvalue weighted by Gasteiger charge is -2.00. The first kappa shape index (κ1) is 11.1. The molecule has 1 heteroatoms. The molecule has 0 N–H and O–H groups in total. The zero-order chi connectivity index (χ0) is 10.2. The largest absolute Gasteiger partial charge is 0.290 e. The maximum absolute atomic E-state index is 10.8. The molecule has 1 rings (SSSR count). The minimum absolute atomic E-state index is 0.111. The average molecular weight is 191 g/mol.